The number of aliphatic imine (C=N–C) groups is 1. The highest BCUT2D eigenvalue weighted by atomic mass is 127. The van der Waals surface area contributed by atoms with E-state index in [4.69, 9.17) is 19.2 Å². The van der Waals surface area contributed by atoms with Crippen molar-refractivity contribution in [1.29, 1.82) is 0 Å². The molecule has 3 unspecified atom stereocenters. The van der Waals surface area contributed by atoms with E-state index in [1.54, 1.807) is 0 Å². The average molecular weight is 565 g/mol. The van der Waals surface area contributed by atoms with Gasteiger partial charge in [-0.3, -0.25) is 0 Å². The summed E-state index contributed by atoms with van der Waals surface area (Å²) >= 11 is 0. The van der Waals surface area contributed by atoms with Gasteiger partial charge in [-0.2, -0.15) is 0 Å². The van der Waals surface area contributed by atoms with Crippen LogP contribution in [0, 0.1) is 12.8 Å². The lowest BCUT2D eigenvalue weighted by atomic mass is 9.95. The number of nitrogens with one attached hydrogen (secondary N) is 2. The topological polar surface area (TPSA) is 64.1 Å². The first-order chi connectivity index (χ1) is 15.7. The summed E-state index contributed by atoms with van der Waals surface area (Å²) in [6.45, 7) is 8.59. The Morgan fingerprint density at radius 1 is 1.09 bits per heavy atom. The van der Waals surface area contributed by atoms with Crippen LogP contribution in [0.25, 0.3) is 0 Å². The first kappa shape index (κ1) is 25.8. The molecular weight excluding hydrogens is 529 g/mol. The Hall–Kier alpha value is -1.84. The maximum Gasteiger partial charge on any atom is 0.191 e. The molecule has 4 rings (SSSR count). The second-order valence-electron chi connectivity index (χ2n) is 8.54. The van der Waals surface area contributed by atoms with E-state index >= 15 is 0 Å². The van der Waals surface area contributed by atoms with Crippen molar-refractivity contribution in [3.05, 3.63) is 65.2 Å². The maximum atomic E-state index is 6.23. The number of halogens is 1. The van der Waals surface area contributed by atoms with E-state index in [9.17, 15) is 0 Å². The Kier molecular flexibility index (Phi) is 10.3. The van der Waals surface area contributed by atoms with Gasteiger partial charge in [-0.1, -0.05) is 42.5 Å². The predicted octanol–water partition coefficient (Wildman–Crippen LogP) is 4.61. The lowest BCUT2D eigenvalue weighted by Gasteiger charge is -2.21. The highest BCUT2D eigenvalue weighted by Crippen LogP contribution is 2.33. The number of hydrogen-bond donors (Lipinski definition) is 2. The van der Waals surface area contributed by atoms with Gasteiger partial charge in [0.2, 0.25) is 0 Å². The Bertz CT molecular complexity index is 888. The van der Waals surface area contributed by atoms with Crippen molar-refractivity contribution in [2.24, 2.45) is 10.9 Å². The normalized spacial score (nSPS) is 22.6. The fourth-order valence-electron chi connectivity index (χ4n) is 4.28. The van der Waals surface area contributed by atoms with Gasteiger partial charge in [0.15, 0.2) is 5.96 Å². The molecule has 2 aromatic rings. The molecule has 0 aliphatic carbocycles. The third-order valence-corrected chi connectivity index (χ3v) is 6.03. The SMILES string of the molecule is CCNC(=NCc1ccc(C)cc1OC1CCOC1)NCC1CCOC1c1ccccc1.I. The molecular formula is C26H36IN3O3. The van der Waals surface area contributed by atoms with Gasteiger partial charge < -0.3 is 24.8 Å². The molecule has 0 saturated carbocycles. The predicted molar refractivity (Wildman–Crippen MR) is 143 cm³/mol. The van der Waals surface area contributed by atoms with Gasteiger partial charge in [0.1, 0.15) is 11.9 Å². The molecule has 33 heavy (non-hydrogen) atoms. The molecule has 0 amide bonds. The number of aryl methyl sites for hydroxylation is 1. The molecule has 2 fully saturated rings. The van der Waals surface area contributed by atoms with Crippen LogP contribution < -0.4 is 15.4 Å². The number of hydrogen-bond acceptors (Lipinski definition) is 4. The van der Waals surface area contributed by atoms with Gasteiger partial charge >= 0.3 is 0 Å². The zero-order valence-electron chi connectivity index (χ0n) is 19.6. The van der Waals surface area contributed by atoms with Crippen molar-refractivity contribution in [3.8, 4) is 5.75 Å². The zero-order chi connectivity index (χ0) is 22.2. The molecule has 2 aliphatic heterocycles. The molecule has 2 N–H and O–H groups in total. The van der Waals surface area contributed by atoms with Gasteiger partial charge in [0.25, 0.3) is 0 Å². The molecule has 2 saturated heterocycles. The lowest BCUT2D eigenvalue weighted by Crippen LogP contribution is -2.40. The Labute approximate surface area is 214 Å². The van der Waals surface area contributed by atoms with E-state index in [0.29, 0.717) is 19.1 Å². The van der Waals surface area contributed by atoms with Crippen molar-refractivity contribution in [1.82, 2.24) is 10.6 Å². The number of benzene rings is 2. The Morgan fingerprint density at radius 3 is 2.70 bits per heavy atom. The summed E-state index contributed by atoms with van der Waals surface area (Å²) in [6, 6.07) is 16.8. The summed E-state index contributed by atoms with van der Waals surface area (Å²) in [5.74, 6) is 2.15. The van der Waals surface area contributed by atoms with E-state index in [0.717, 1.165) is 56.4 Å². The molecule has 0 bridgehead atoms. The van der Waals surface area contributed by atoms with Crippen molar-refractivity contribution in [2.75, 3.05) is 32.9 Å². The summed E-state index contributed by atoms with van der Waals surface area (Å²) in [7, 11) is 0. The highest BCUT2D eigenvalue weighted by molar-refractivity contribution is 14.0. The smallest absolute Gasteiger partial charge is 0.191 e. The molecule has 3 atom stereocenters. The van der Waals surface area contributed by atoms with E-state index in [1.807, 2.05) is 6.07 Å². The number of ether oxygens (including phenoxy) is 3. The fraction of sp³-hybridized carbons (Fsp3) is 0.500. The van der Waals surface area contributed by atoms with E-state index in [2.05, 4.69) is 66.9 Å². The summed E-state index contributed by atoms with van der Waals surface area (Å²) in [6.07, 6.45) is 2.25. The first-order valence-corrected chi connectivity index (χ1v) is 11.8. The van der Waals surface area contributed by atoms with Crippen molar-refractivity contribution in [3.63, 3.8) is 0 Å². The third-order valence-electron chi connectivity index (χ3n) is 6.03. The van der Waals surface area contributed by atoms with Crippen LogP contribution in [-0.2, 0) is 16.0 Å². The van der Waals surface area contributed by atoms with Crippen molar-refractivity contribution in [2.45, 2.75) is 45.4 Å². The summed E-state index contributed by atoms with van der Waals surface area (Å²) in [5.41, 5.74) is 3.52. The minimum Gasteiger partial charge on any atom is -0.488 e. The van der Waals surface area contributed by atoms with Crippen LogP contribution in [0.1, 0.15) is 42.6 Å². The van der Waals surface area contributed by atoms with Crippen LogP contribution in [0.5, 0.6) is 5.75 Å². The molecule has 0 spiro atoms. The summed E-state index contributed by atoms with van der Waals surface area (Å²) in [5, 5.41) is 6.91. The molecule has 0 radical (unpaired) electrons. The van der Waals surface area contributed by atoms with Crippen LogP contribution in [0.3, 0.4) is 0 Å². The van der Waals surface area contributed by atoms with Crippen LogP contribution in [0.15, 0.2) is 53.5 Å². The zero-order valence-corrected chi connectivity index (χ0v) is 21.9. The van der Waals surface area contributed by atoms with Gasteiger partial charge in [-0.05, 0) is 37.5 Å². The molecule has 2 aromatic carbocycles. The van der Waals surface area contributed by atoms with Crippen LogP contribution >= 0.6 is 24.0 Å². The third kappa shape index (κ3) is 7.32. The maximum absolute atomic E-state index is 6.23. The highest BCUT2D eigenvalue weighted by Gasteiger charge is 2.29. The van der Waals surface area contributed by atoms with Crippen LogP contribution in [0.4, 0.5) is 0 Å². The molecule has 2 aliphatic rings. The van der Waals surface area contributed by atoms with Crippen molar-refractivity contribution < 1.29 is 14.2 Å². The Morgan fingerprint density at radius 2 is 1.94 bits per heavy atom. The molecule has 0 aromatic heterocycles. The van der Waals surface area contributed by atoms with Gasteiger partial charge in [-0.15, -0.1) is 24.0 Å². The summed E-state index contributed by atoms with van der Waals surface area (Å²) < 4.78 is 17.7. The second kappa shape index (κ2) is 13.2. The first-order valence-electron chi connectivity index (χ1n) is 11.8. The standard InChI is InChI=1S/C26H35N3O3.HI/c1-3-27-26(29-17-22-11-14-31-25(22)20-7-5-4-6-8-20)28-16-21-10-9-19(2)15-24(21)32-23-12-13-30-18-23;/h4-10,15,22-23,25H,3,11-14,16-18H2,1-2H3,(H2,27,28,29);1H. The molecule has 180 valence electrons. The Balaban J connectivity index is 0.00000306. The number of nitrogens with zero attached hydrogens (tertiary/aromatic N) is 1. The molecule has 2 heterocycles. The number of rotatable bonds is 8. The van der Waals surface area contributed by atoms with E-state index in [1.165, 1.54) is 11.1 Å². The molecule has 6 nitrogen and oxygen atoms in total. The summed E-state index contributed by atoms with van der Waals surface area (Å²) in [4.78, 5) is 4.85. The van der Waals surface area contributed by atoms with E-state index < -0.39 is 0 Å². The largest absolute Gasteiger partial charge is 0.488 e. The van der Waals surface area contributed by atoms with Gasteiger partial charge in [0.05, 0.1) is 25.9 Å². The van der Waals surface area contributed by atoms with Gasteiger partial charge in [0, 0.05) is 37.6 Å². The van der Waals surface area contributed by atoms with Crippen molar-refractivity contribution >= 4 is 29.9 Å². The lowest BCUT2D eigenvalue weighted by molar-refractivity contribution is 0.0915. The van der Waals surface area contributed by atoms with E-state index in [-0.39, 0.29) is 36.2 Å². The molecule has 7 heteroatoms. The van der Waals surface area contributed by atoms with Gasteiger partial charge in [-0.25, -0.2) is 4.99 Å². The average Bonchev–Trinajstić information content (AvgIpc) is 3.49. The van der Waals surface area contributed by atoms with Crippen LogP contribution in [0.2, 0.25) is 0 Å². The quantitative estimate of drug-likeness (QED) is 0.278. The number of guanidine groups is 1. The van der Waals surface area contributed by atoms with Crippen LogP contribution in [-0.4, -0.2) is 45.0 Å². The minimum atomic E-state index is 0. The fourth-order valence-corrected chi connectivity index (χ4v) is 4.28. The minimum absolute atomic E-state index is 0. The second-order valence-corrected chi connectivity index (χ2v) is 8.54. The monoisotopic (exact) mass is 565 g/mol.